The SMILES string of the molecule is COc1ccc(NC(=O)CSc2nc3cc4c(cc3cc2C)OCCO4)c(OC)c1. The van der Waals surface area contributed by atoms with Crippen LogP contribution in [0.2, 0.25) is 0 Å². The molecule has 1 N–H and O–H groups in total. The predicted molar refractivity (Wildman–Crippen MR) is 116 cm³/mol. The van der Waals surface area contributed by atoms with Crippen molar-refractivity contribution in [3.8, 4) is 23.0 Å². The lowest BCUT2D eigenvalue weighted by Gasteiger charge is -2.19. The molecular weight excluding hydrogens is 404 g/mol. The summed E-state index contributed by atoms with van der Waals surface area (Å²) in [6.45, 7) is 3.06. The normalized spacial score (nSPS) is 12.5. The van der Waals surface area contributed by atoms with E-state index in [1.165, 1.54) is 11.8 Å². The lowest BCUT2D eigenvalue weighted by Crippen LogP contribution is -2.15. The van der Waals surface area contributed by atoms with Crippen molar-refractivity contribution in [2.75, 3.05) is 38.5 Å². The van der Waals surface area contributed by atoms with E-state index in [2.05, 4.69) is 5.32 Å². The Morgan fingerprint density at radius 3 is 2.60 bits per heavy atom. The van der Waals surface area contributed by atoms with E-state index < -0.39 is 0 Å². The zero-order valence-corrected chi connectivity index (χ0v) is 17.8. The number of nitrogens with one attached hydrogen (secondary N) is 1. The molecule has 1 aliphatic rings. The van der Waals surface area contributed by atoms with Crippen molar-refractivity contribution >= 4 is 34.3 Å². The molecule has 0 unspecified atom stereocenters. The van der Waals surface area contributed by atoms with Gasteiger partial charge in [0.2, 0.25) is 5.91 Å². The summed E-state index contributed by atoms with van der Waals surface area (Å²) in [7, 11) is 3.13. The summed E-state index contributed by atoms with van der Waals surface area (Å²) >= 11 is 1.39. The smallest absolute Gasteiger partial charge is 0.234 e. The van der Waals surface area contributed by atoms with Gasteiger partial charge in [-0.3, -0.25) is 4.79 Å². The Bertz CT molecular complexity index is 1100. The maximum absolute atomic E-state index is 12.5. The summed E-state index contributed by atoms with van der Waals surface area (Å²) < 4.78 is 21.8. The first-order chi connectivity index (χ1) is 14.6. The maximum atomic E-state index is 12.5. The number of carbonyl (C=O) groups excluding carboxylic acids is 1. The standard InChI is InChI=1S/C22H22N2O5S/c1-13-8-14-9-19-20(29-7-6-28-19)11-17(14)24-22(13)30-12-21(25)23-16-5-4-15(26-2)10-18(16)27-3/h4-5,8-11H,6-7,12H2,1-3H3,(H,23,25). The summed E-state index contributed by atoms with van der Waals surface area (Å²) in [5.74, 6) is 2.71. The van der Waals surface area contributed by atoms with Crippen molar-refractivity contribution in [1.82, 2.24) is 4.98 Å². The monoisotopic (exact) mass is 426 g/mol. The highest BCUT2D eigenvalue weighted by Gasteiger charge is 2.15. The van der Waals surface area contributed by atoms with Crippen LogP contribution in [0.25, 0.3) is 10.9 Å². The second-order valence-corrected chi connectivity index (χ2v) is 7.67. The van der Waals surface area contributed by atoms with E-state index >= 15 is 0 Å². The number of benzene rings is 2. The molecule has 1 aliphatic heterocycles. The zero-order valence-electron chi connectivity index (χ0n) is 17.0. The molecule has 2 aromatic carbocycles. The number of fused-ring (bicyclic) bond motifs is 2. The molecule has 0 spiro atoms. The number of aromatic nitrogens is 1. The van der Waals surface area contributed by atoms with Crippen LogP contribution in [-0.2, 0) is 4.79 Å². The van der Waals surface area contributed by atoms with Crippen molar-refractivity contribution in [3.63, 3.8) is 0 Å². The molecule has 1 amide bonds. The summed E-state index contributed by atoms with van der Waals surface area (Å²) in [6.07, 6.45) is 0. The maximum Gasteiger partial charge on any atom is 0.234 e. The molecule has 0 aliphatic carbocycles. The molecule has 0 fully saturated rings. The minimum atomic E-state index is -0.146. The van der Waals surface area contributed by atoms with Gasteiger partial charge in [-0.15, -0.1) is 0 Å². The molecule has 0 radical (unpaired) electrons. The van der Waals surface area contributed by atoms with Crippen LogP contribution in [0.15, 0.2) is 41.4 Å². The van der Waals surface area contributed by atoms with E-state index in [1.807, 2.05) is 25.1 Å². The Morgan fingerprint density at radius 1 is 1.10 bits per heavy atom. The molecule has 2 heterocycles. The van der Waals surface area contributed by atoms with Crippen molar-refractivity contribution in [2.45, 2.75) is 11.9 Å². The molecule has 8 heteroatoms. The molecule has 0 saturated carbocycles. The van der Waals surface area contributed by atoms with Crippen LogP contribution >= 0.6 is 11.8 Å². The average Bonchev–Trinajstić information content (AvgIpc) is 2.76. The number of hydrogen-bond donors (Lipinski definition) is 1. The topological polar surface area (TPSA) is 78.9 Å². The number of carbonyl (C=O) groups is 1. The van der Waals surface area contributed by atoms with Crippen molar-refractivity contribution < 1.29 is 23.7 Å². The lowest BCUT2D eigenvalue weighted by atomic mass is 10.1. The number of thioether (sulfide) groups is 1. The number of hydrogen-bond acceptors (Lipinski definition) is 7. The quantitative estimate of drug-likeness (QED) is 0.596. The molecule has 7 nitrogen and oxygen atoms in total. The van der Waals surface area contributed by atoms with E-state index in [1.54, 1.807) is 32.4 Å². The minimum Gasteiger partial charge on any atom is -0.497 e. The number of rotatable bonds is 6. The fourth-order valence-corrected chi connectivity index (χ4v) is 3.96. The first kappa shape index (κ1) is 20.2. The van der Waals surface area contributed by atoms with Gasteiger partial charge in [-0.05, 0) is 36.8 Å². The Labute approximate surface area is 178 Å². The minimum absolute atomic E-state index is 0.146. The average molecular weight is 426 g/mol. The Hall–Kier alpha value is -3.13. The van der Waals surface area contributed by atoms with Gasteiger partial charge in [-0.1, -0.05) is 11.8 Å². The molecule has 30 heavy (non-hydrogen) atoms. The van der Waals surface area contributed by atoms with Crippen molar-refractivity contribution in [2.24, 2.45) is 0 Å². The molecular formula is C22H22N2O5S. The fraction of sp³-hybridized carbons (Fsp3) is 0.273. The fourth-order valence-electron chi connectivity index (χ4n) is 3.17. The number of methoxy groups -OCH3 is 2. The second-order valence-electron chi connectivity index (χ2n) is 6.70. The highest BCUT2D eigenvalue weighted by atomic mass is 32.2. The largest absolute Gasteiger partial charge is 0.497 e. The van der Waals surface area contributed by atoms with Crippen LogP contribution in [0.5, 0.6) is 23.0 Å². The van der Waals surface area contributed by atoms with E-state index in [0.717, 1.165) is 27.2 Å². The van der Waals surface area contributed by atoms with Gasteiger partial charge >= 0.3 is 0 Å². The molecule has 3 aromatic rings. The molecule has 0 saturated heterocycles. The second kappa shape index (κ2) is 8.71. The molecule has 156 valence electrons. The van der Waals surface area contributed by atoms with Gasteiger partial charge in [0, 0.05) is 17.5 Å². The van der Waals surface area contributed by atoms with Gasteiger partial charge in [0.05, 0.1) is 31.2 Å². The molecule has 1 aromatic heterocycles. The number of anilines is 1. The van der Waals surface area contributed by atoms with E-state index in [4.69, 9.17) is 23.9 Å². The van der Waals surface area contributed by atoms with Crippen LogP contribution < -0.4 is 24.3 Å². The number of amides is 1. The van der Waals surface area contributed by atoms with E-state index in [-0.39, 0.29) is 11.7 Å². The molecule has 0 bridgehead atoms. The number of nitrogens with zero attached hydrogens (tertiary/aromatic N) is 1. The third-order valence-corrected chi connectivity index (χ3v) is 5.74. The van der Waals surface area contributed by atoms with Gasteiger partial charge in [0.1, 0.15) is 29.7 Å². The zero-order chi connectivity index (χ0) is 21.1. The van der Waals surface area contributed by atoms with Gasteiger partial charge < -0.3 is 24.3 Å². The van der Waals surface area contributed by atoms with Crippen molar-refractivity contribution in [3.05, 3.63) is 42.0 Å². The summed E-state index contributed by atoms with van der Waals surface area (Å²) in [5, 5.41) is 4.66. The van der Waals surface area contributed by atoms with Gasteiger partial charge in [0.15, 0.2) is 11.5 Å². The van der Waals surface area contributed by atoms with E-state index in [9.17, 15) is 4.79 Å². The van der Waals surface area contributed by atoms with Gasteiger partial charge in [-0.25, -0.2) is 4.98 Å². The molecule has 0 atom stereocenters. The van der Waals surface area contributed by atoms with Gasteiger partial charge in [0.25, 0.3) is 0 Å². The van der Waals surface area contributed by atoms with Crippen LogP contribution in [0.3, 0.4) is 0 Å². The number of ether oxygens (including phenoxy) is 4. The van der Waals surface area contributed by atoms with Crippen LogP contribution in [0, 0.1) is 6.92 Å². The Balaban J connectivity index is 1.48. The Kier molecular flexibility index (Phi) is 5.85. The third kappa shape index (κ3) is 4.23. The van der Waals surface area contributed by atoms with Crippen molar-refractivity contribution in [1.29, 1.82) is 0 Å². The molecule has 4 rings (SSSR count). The third-order valence-electron chi connectivity index (χ3n) is 4.65. The first-order valence-electron chi connectivity index (χ1n) is 9.43. The predicted octanol–water partition coefficient (Wildman–Crippen LogP) is 4.06. The highest BCUT2D eigenvalue weighted by molar-refractivity contribution is 8.00. The summed E-state index contributed by atoms with van der Waals surface area (Å²) in [6, 6.07) is 11.1. The lowest BCUT2D eigenvalue weighted by molar-refractivity contribution is -0.113. The number of aryl methyl sites for hydroxylation is 1. The van der Waals surface area contributed by atoms with Crippen LogP contribution in [0.1, 0.15) is 5.56 Å². The van der Waals surface area contributed by atoms with Gasteiger partial charge in [-0.2, -0.15) is 0 Å². The summed E-state index contributed by atoms with van der Waals surface area (Å²) in [4.78, 5) is 17.2. The highest BCUT2D eigenvalue weighted by Crippen LogP contribution is 2.36. The number of pyridine rings is 1. The van der Waals surface area contributed by atoms with E-state index in [0.29, 0.717) is 36.1 Å². The Morgan fingerprint density at radius 2 is 1.87 bits per heavy atom. The van der Waals surface area contributed by atoms with Crippen LogP contribution in [0.4, 0.5) is 5.69 Å². The first-order valence-corrected chi connectivity index (χ1v) is 10.4. The summed E-state index contributed by atoms with van der Waals surface area (Å²) in [5.41, 5.74) is 2.40. The van der Waals surface area contributed by atoms with Crippen LogP contribution in [-0.4, -0.2) is 44.1 Å².